The van der Waals surface area contributed by atoms with Crippen LogP contribution in [0.25, 0.3) is 0 Å². The van der Waals surface area contributed by atoms with Gasteiger partial charge in [0.25, 0.3) is 0 Å². The van der Waals surface area contributed by atoms with Gasteiger partial charge >= 0.3 is 5.97 Å². The molecule has 0 aliphatic heterocycles. The number of hydrogen-bond donors (Lipinski definition) is 0. The zero-order valence-corrected chi connectivity index (χ0v) is 12.8. The lowest BCUT2D eigenvalue weighted by Gasteiger charge is -2.25. The monoisotopic (exact) mass is 277 g/mol. The molecule has 0 radical (unpaired) electrons. The minimum absolute atomic E-state index is 0. The van der Waals surface area contributed by atoms with Crippen LogP contribution < -0.4 is 0 Å². The lowest BCUT2D eigenvalue weighted by molar-refractivity contribution is -0.150. The average Bonchev–Trinajstić information content (AvgIpc) is 2.34. The maximum Gasteiger partial charge on any atom is 0.308 e. The van der Waals surface area contributed by atoms with Crippen molar-refractivity contribution in [3.8, 4) is 0 Å². The SMILES string of the molecule is CCN(CC)CCOC(=O)[C@@H]1CCC[C@H](C)C1.Cl. The average molecular weight is 278 g/mol. The molecule has 108 valence electrons. The van der Waals surface area contributed by atoms with E-state index in [9.17, 15) is 4.79 Å². The maximum atomic E-state index is 11.9. The predicted molar refractivity (Wildman–Crippen MR) is 77.1 cm³/mol. The Hall–Kier alpha value is -0.280. The van der Waals surface area contributed by atoms with E-state index < -0.39 is 0 Å². The third-order valence-corrected chi connectivity index (χ3v) is 3.82. The van der Waals surface area contributed by atoms with Crippen molar-refractivity contribution in [1.82, 2.24) is 4.90 Å². The van der Waals surface area contributed by atoms with Crippen LogP contribution in [0.5, 0.6) is 0 Å². The fourth-order valence-corrected chi connectivity index (χ4v) is 2.58. The summed E-state index contributed by atoms with van der Waals surface area (Å²) in [5.41, 5.74) is 0. The van der Waals surface area contributed by atoms with Gasteiger partial charge in [0.15, 0.2) is 0 Å². The van der Waals surface area contributed by atoms with Crippen LogP contribution in [0.2, 0.25) is 0 Å². The highest BCUT2D eigenvalue weighted by atomic mass is 35.5. The minimum Gasteiger partial charge on any atom is -0.464 e. The molecule has 0 aromatic heterocycles. The van der Waals surface area contributed by atoms with Gasteiger partial charge in [0, 0.05) is 6.54 Å². The Kier molecular flexibility index (Phi) is 9.47. The molecule has 1 rings (SSSR count). The Labute approximate surface area is 118 Å². The van der Waals surface area contributed by atoms with E-state index in [0.717, 1.165) is 32.5 Å². The molecule has 1 aliphatic rings. The molecule has 4 heteroatoms. The second-order valence-electron chi connectivity index (χ2n) is 5.16. The molecular formula is C14H28ClNO2. The standard InChI is InChI=1S/C14H27NO2.ClH/c1-4-15(5-2)9-10-17-14(16)13-8-6-7-12(3)11-13;/h12-13H,4-11H2,1-3H3;1H/t12-,13+;/m0./s1. The first-order valence-corrected chi connectivity index (χ1v) is 7.06. The molecular weight excluding hydrogens is 250 g/mol. The molecule has 18 heavy (non-hydrogen) atoms. The third-order valence-electron chi connectivity index (χ3n) is 3.82. The molecule has 0 heterocycles. The summed E-state index contributed by atoms with van der Waals surface area (Å²) in [6, 6.07) is 0. The summed E-state index contributed by atoms with van der Waals surface area (Å²) in [4.78, 5) is 14.1. The molecule has 0 aromatic rings. The molecule has 1 aliphatic carbocycles. The van der Waals surface area contributed by atoms with Crippen molar-refractivity contribution in [3.63, 3.8) is 0 Å². The number of hydrogen-bond acceptors (Lipinski definition) is 3. The summed E-state index contributed by atoms with van der Waals surface area (Å²) >= 11 is 0. The zero-order chi connectivity index (χ0) is 12.7. The van der Waals surface area contributed by atoms with Crippen molar-refractivity contribution in [2.45, 2.75) is 46.5 Å². The predicted octanol–water partition coefficient (Wildman–Crippen LogP) is 3.12. The number of rotatable bonds is 6. The highest BCUT2D eigenvalue weighted by Crippen LogP contribution is 2.29. The van der Waals surface area contributed by atoms with E-state index in [-0.39, 0.29) is 24.3 Å². The van der Waals surface area contributed by atoms with Crippen LogP contribution in [0.15, 0.2) is 0 Å². The first kappa shape index (κ1) is 17.7. The van der Waals surface area contributed by atoms with Crippen molar-refractivity contribution in [2.75, 3.05) is 26.2 Å². The third kappa shape index (κ3) is 6.05. The summed E-state index contributed by atoms with van der Waals surface area (Å²) in [7, 11) is 0. The van der Waals surface area contributed by atoms with Gasteiger partial charge in [-0.25, -0.2) is 0 Å². The van der Waals surface area contributed by atoms with Crippen LogP contribution in [0.3, 0.4) is 0 Å². The Bertz CT molecular complexity index is 232. The molecule has 1 fully saturated rings. The molecule has 0 N–H and O–H groups in total. The Morgan fingerprint density at radius 1 is 1.28 bits per heavy atom. The van der Waals surface area contributed by atoms with Gasteiger partial charge in [-0.15, -0.1) is 12.4 Å². The summed E-state index contributed by atoms with van der Waals surface area (Å²) in [6.07, 6.45) is 4.48. The zero-order valence-electron chi connectivity index (χ0n) is 12.0. The first-order valence-electron chi connectivity index (χ1n) is 7.06. The normalized spacial score (nSPS) is 23.6. The molecule has 0 aromatic carbocycles. The molecule has 1 saturated carbocycles. The lowest BCUT2D eigenvalue weighted by atomic mass is 9.82. The van der Waals surface area contributed by atoms with Crippen LogP contribution in [0.1, 0.15) is 46.5 Å². The van der Waals surface area contributed by atoms with Gasteiger partial charge in [0.1, 0.15) is 6.61 Å². The Balaban J connectivity index is 0.00000289. The lowest BCUT2D eigenvalue weighted by Crippen LogP contribution is -2.30. The molecule has 2 atom stereocenters. The number of nitrogens with zero attached hydrogens (tertiary/aromatic N) is 1. The highest BCUT2D eigenvalue weighted by Gasteiger charge is 2.26. The highest BCUT2D eigenvalue weighted by molar-refractivity contribution is 5.85. The van der Waals surface area contributed by atoms with Crippen molar-refractivity contribution >= 4 is 18.4 Å². The molecule has 0 amide bonds. The van der Waals surface area contributed by atoms with Gasteiger partial charge < -0.3 is 9.64 Å². The minimum atomic E-state index is 0. The van der Waals surface area contributed by atoms with E-state index >= 15 is 0 Å². The number of esters is 1. The fraction of sp³-hybridized carbons (Fsp3) is 0.929. The van der Waals surface area contributed by atoms with Crippen molar-refractivity contribution in [3.05, 3.63) is 0 Å². The number of carbonyl (C=O) groups excluding carboxylic acids is 1. The van der Waals surface area contributed by atoms with Gasteiger partial charge in [-0.1, -0.05) is 33.6 Å². The molecule has 0 bridgehead atoms. The van der Waals surface area contributed by atoms with E-state index in [0.29, 0.717) is 12.5 Å². The van der Waals surface area contributed by atoms with Crippen LogP contribution in [0, 0.1) is 11.8 Å². The van der Waals surface area contributed by atoms with E-state index in [1.165, 1.54) is 12.8 Å². The van der Waals surface area contributed by atoms with E-state index in [2.05, 4.69) is 25.7 Å². The van der Waals surface area contributed by atoms with Crippen LogP contribution in [-0.2, 0) is 9.53 Å². The summed E-state index contributed by atoms with van der Waals surface area (Å²) in [5, 5.41) is 0. The smallest absolute Gasteiger partial charge is 0.308 e. The van der Waals surface area contributed by atoms with Gasteiger partial charge in [0.05, 0.1) is 5.92 Å². The summed E-state index contributed by atoms with van der Waals surface area (Å²) < 4.78 is 5.38. The number of ether oxygens (including phenoxy) is 1. The Morgan fingerprint density at radius 3 is 2.50 bits per heavy atom. The van der Waals surface area contributed by atoms with Crippen LogP contribution >= 0.6 is 12.4 Å². The molecule has 0 spiro atoms. The number of carbonyl (C=O) groups is 1. The van der Waals surface area contributed by atoms with Crippen LogP contribution in [-0.4, -0.2) is 37.1 Å². The van der Waals surface area contributed by atoms with Gasteiger partial charge in [-0.05, 0) is 31.8 Å². The quantitative estimate of drug-likeness (QED) is 0.699. The Morgan fingerprint density at radius 2 is 1.94 bits per heavy atom. The maximum absolute atomic E-state index is 11.9. The topological polar surface area (TPSA) is 29.5 Å². The fourth-order valence-electron chi connectivity index (χ4n) is 2.58. The second-order valence-corrected chi connectivity index (χ2v) is 5.16. The molecule has 0 saturated heterocycles. The van der Waals surface area contributed by atoms with Gasteiger partial charge in [-0.2, -0.15) is 0 Å². The molecule has 3 nitrogen and oxygen atoms in total. The second kappa shape index (κ2) is 9.62. The summed E-state index contributed by atoms with van der Waals surface area (Å²) in [5.74, 6) is 0.878. The number of likely N-dealkylation sites (N-methyl/N-ethyl adjacent to an activating group) is 1. The van der Waals surface area contributed by atoms with Crippen molar-refractivity contribution in [2.24, 2.45) is 11.8 Å². The van der Waals surface area contributed by atoms with Gasteiger partial charge in [0.2, 0.25) is 0 Å². The van der Waals surface area contributed by atoms with Gasteiger partial charge in [-0.3, -0.25) is 4.79 Å². The van der Waals surface area contributed by atoms with E-state index in [1.807, 2.05) is 0 Å². The largest absolute Gasteiger partial charge is 0.464 e. The summed E-state index contributed by atoms with van der Waals surface area (Å²) in [6.45, 7) is 9.95. The number of halogens is 1. The van der Waals surface area contributed by atoms with Crippen molar-refractivity contribution in [1.29, 1.82) is 0 Å². The van der Waals surface area contributed by atoms with E-state index in [1.54, 1.807) is 0 Å². The van der Waals surface area contributed by atoms with Crippen molar-refractivity contribution < 1.29 is 9.53 Å². The van der Waals surface area contributed by atoms with Crippen LogP contribution in [0.4, 0.5) is 0 Å². The first-order chi connectivity index (χ1) is 8.17. The van der Waals surface area contributed by atoms with E-state index in [4.69, 9.17) is 4.74 Å². The molecule has 0 unspecified atom stereocenters.